The fourth-order valence-corrected chi connectivity index (χ4v) is 5.35. The average Bonchev–Trinajstić information content (AvgIpc) is 3.13. The number of nitriles is 1. The normalized spacial score (nSPS) is 15.8. The summed E-state index contributed by atoms with van der Waals surface area (Å²) in [6.07, 6.45) is 2.04. The van der Waals surface area contributed by atoms with Gasteiger partial charge >= 0.3 is 0 Å². The molecular weight excluding hydrogens is 410 g/mol. The van der Waals surface area contributed by atoms with Crippen LogP contribution in [0, 0.1) is 17.2 Å². The second-order valence-corrected chi connectivity index (χ2v) is 11.1. The minimum atomic E-state index is -3.70. The first kappa shape index (κ1) is 21.5. The molecular formula is C24H27N3O3S. The molecule has 1 saturated heterocycles. The number of aromatic nitrogens is 2. The SMILES string of the molecule is CC(C)(C)c1nc2cc(S(=O)(=O)c3ccc(C#N)cc3)ccc2n1CC1CCOCC1. The first-order valence-corrected chi connectivity index (χ1v) is 12.0. The van der Waals surface area contributed by atoms with E-state index < -0.39 is 9.84 Å². The third-order valence-corrected chi connectivity index (χ3v) is 7.54. The summed E-state index contributed by atoms with van der Waals surface area (Å²) < 4.78 is 34.1. The summed E-state index contributed by atoms with van der Waals surface area (Å²) in [5.41, 5.74) is 1.90. The van der Waals surface area contributed by atoms with Gasteiger partial charge in [0, 0.05) is 25.2 Å². The van der Waals surface area contributed by atoms with E-state index in [1.54, 1.807) is 12.1 Å². The Bertz CT molecular complexity index is 1240. The van der Waals surface area contributed by atoms with Crippen molar-refractivity contribution in [3.05, 3.63) is 53.9 Å². The van der Waals surface area contributed by atoms with Gasteiger partial charge in [-0.25, -0.2) is 13.4 Å². The van der Waals surface area contributed by atoms with E-state index in [0.717, 1.165) is 43.9 Å². The molecule has 4 rings (SSSR count). The minimum absolute atomic E-state index is 0.170. The lowest BCUT2D eigenvalue weighted by Gasteiger charge is -2.26. The summed E-state index contributed by atoms with van der Waals surface area (Å²) in [7, 11) is -3.70. The van der Waals surface area contributed by atoms with Crippen LogP contribution in [0.2, 0.25) is 0 Å². The fraction of sp³-hybridized carbons (Fsp3) is 0.417. The van der Waals surface area contributed by atoms with Gasteiger partial charge in [-0.1, -0.05) is 20.8 Å². The van der Waals surface area contributed by atoms with Crippen LogP contribution in [-0.2, 0) is 26.5 Å². The Balaban J connectivity index is 1.77. The molecule has 0 amide bonds. The highest BCUT2D eigenvalue weighted by atomic mass is 32.2. The Morgan fingerprint density at radius 1 is 1.10 bits per heavy atom. The van der Waals surface area contributed by atoms with E-state index in [2.05, 4.69) is 25.3 Å². The molecule has 6 nitrogen and oxygen atoms in total. The molecule has 3 aromatic rings. The molecule has 0 atom stereocenters. The van der Waals surface area contributed by atoms with Gasteiger partial charge in [-0.2, -0.15) is 5.26 Å². The maximum absolute atomic E-state index is 13.2. The number of sulfone groups is 1. The van der Waals surface area contributed by atoms with Crippen molar-refractivity contribution in [2.45, 2.75) is 55.4 Å². The quantitative estimate of drug-likeness (QED) is 0.601. The summed E-state index contributed by atoms with van der Waals surface area (Å²) in [6.45, 7) is 8.81. The Hall–Kier alpha value is -2.69. The molecule has 0 unspecified atom stereocenters. The third-order valence-electron chi connectivity index (χ3n) is 5.78. The van der Waals surface area contributed by atoms with Crippen LogP contribution in [0.4, 0.5) is 0 Å². The summed E-state index contributed by atoms with van der Waals surface area (Å²) in [5, 5.41) is 8.96. The molecule has 0 N–H and O–H groups in total. The minimum Gasteiger partial charge on any atom is -0.381 e. The zero-order valence-corrected chi connectivity index (χ0v) is 18.9. The smallest absolute Gasteiger partial charge is 0.206 e. The van der Waals surface area contributed by atoms with Crippen molar-refractivity contribution in [1.82, 2.24) is 9.55 Å². The number of hydrogen-bond donors (Lipinski definition) is 0. The second-order valence-electron chi connectivity index (χ2n) is 9.14. The Morgan fingerprint density at radius 2 is 1.74 bits per heavy atom. The van der Waals surface area contributed by atoms with Crippen LogP contribution < -0.4 is 0 Å². The van der Waals surface area contributed by atoms with Gasteiger partial charge in [-0.15, -0.1) is 0 Å². The van der Waals surface area contributed by atoms with E-state index in [-0.39, 0.29) is 15.2 Å². The van der Waals surface area contributed by atoms with Gasteiger partial charge < -0.3 is 9.30 Å². The van der Waals surface area contributed by atoms with Crippen molar-refractivity contribution in [1.29, 1.82) is 5.26 Å². The molecule has 31 heavy (non-hydrogen) atoms. The van der Waals surface area contributed by atoms with Crippen molar-refractivity contribution >= 4 is 20.9 Å². The monoisotopic (exact) mass is 437 g/mol. The number of benzene rings is 2. The van der Waals surface area contributed by atoms with Crippen LogP contribution in [0.3, 0.4) is 0 Å². The van der Waals surface area contributed by atoms with Crippen molar-refractivity contribution in [2.75, 3.05) is 13.2 Å². The van der Waals surface area contributed by atoms with Gasteiger partial charge in [-0.05, 0) is 61.2 Å². The van der Waals surface area contributed by atoms with Gasteiger partial charge in [-0.3, -0.25) is 0 Å². The van der Waals surface area contributed by atoms with Crippen LogP contribution in [-0.4, -0.2) is 31.2 Å². The summed E-state index contributed by atoms with van der Waals surface area (Å²) in [6, 6.07) is 13.2. The van der Waals surface area contributed by atoms with Crippen LogP contribution in [0.5, 0.6) is 0 Å². The molecule has 0 saturated carbocycles. The Kier molecular flexibility index (Phi) is 5.63. The van der Waals surface area contributed by atoms with Crippen LogP contribution in [0.1, 0.15) is 45.0 Å². The lowest BCUT2D eigenvalue weighted by Crippen LogP contribution is -2.25. The molecule has 0 radical (unpaired) electrons. The number of imidazole rings is 1. The number of fused-ring (bicyclic) bond motifs is 1. The van der Waals surface area contributed by atoms with Crippen molar-refractivity contribution in [2.24, 2.45) is 5.92 Å². The van der Waals surface area contributed by atoms with Gasteiger partial charge in [0.1, 0.15) is 5.82 Å². The molecule has 1 fully saturated rings. The molecule has 1 aliphatic heterocycles. The number of hydrogen-bond acceptors (Lipinski definition) is 5. The van der Waals surface area contributed by atoms with Crippen LogP contribution in [0.25, 0.3) is 11.0 Å². The summed E-state index contributed by atoms with van der Waals surface area (Å²) >= 11 is 0. The second kappa shape index (κ2) is 8.10. The first-order chi connectivity index (χ1) is 14.7. The Labute approximate surface area is 183 Å². The first-order valence-electron chi connectivity index (χ1n) is 10.5. The average molecular weight is 438 g/mol. The topological polar surface area (TPSA) is 85.0 Å². The van der Waals surface area contributed by atoms with Gasteiger partial charge in [0.05, 0.1) is 32.5 Å². The highest BCUT2D eigenvalue weighted by molar-refractivity contribution is 7.91. The van der Waals surface area contributed by atoms with Crippen LogP contribution >= 0.6 is 0 Å². The zero-order valence-electron chi connectivity index (χ0n) is 18.1. The van der Waals surface area contributed by atoms with Gasteiger partial charge in [0.15, 0.2) is 0 Å². The Morgan fingerprint density at radius 3 is 2.35 bits per heavy atom. The van der Waals surface area contributed by atoms with Gasteiger partial charge in [0.25, 0.3) is 0 Å². The number of nitrogens with zero attached hydrogens (tertiary/aromatic N) is 3. The number of ether oxygens (including phenoxy) is 1. The molecule has 2 heterocycles. The molecule has 1 aromatic heterocycles. The molecule has 2 aromatic carbocycles. The van der Waals surface area contributed by atoms with E-state index >= 15 is 0 Å². The van der Waals surface area contributed by atoms with Crippen molar-refractivity contribution in [3.8, 4) is 6.07 Å². The van der Waals surface area contributed by atoms with E-state index in [9.17, 15) is 8.42 Å². The van der Waals surface area contributed by atoms with Crippen molar-refractivity contribution < 1.29 is 13.2 Å². The fourth-order valence-electron chi connectivity index (χ4n) is 4.07. The van der Waals surface area contributed by atoms with E-state index in [0.29, 0.717) is 17.0 Å². The van der Waals surface area contributed by atoms with Crippen molar-refractivity contribution in [3.63, 3.8) is 0 Å². The standard InChI is InChI=1S/C24H27N3O3S/c1-24(2,3)23-26-21-14-20(31(28,29)19-6-4-17(15-25)5-7-19)8-9-22(21)27(23)16-18-10-12-30-13-11-18/h4-9,14,18H,10-13,16H2,1-3H3. The lowest BCUT2D eigenvalue weighted by molar-refractivity contribution is 0.0611. The van der Waals surface area contributed by atoms with E-state index in [1.165, 1.54) is 24.3 Å². The zero-order chi connectivity index (χ0) is 22.2. The highest BCUT2D eigenvalue weighted by Gasteiger charge is 2.27. The summed E-state index contributed by atoms with van der Waals surface area (Å²) in [5.74, 6) is 1.48. The maximum Gasteiger partial charge on any atom is 0.206 e. The molecule has 7 heteroatoms. The van der Waals surface area contributed by atoms with E-state index in [1.807, 2.05) is 12.1 Å². The lowest BCUT2D eigenvalue weighted by atomic mass is 9.94. The third kappa shape index (κ3) is 4.23. The van der Waals surface area contributed by atoms with Crippen LogP contribution in [0.15, 0.2) is 52.3 Å². The maximum atomic E-state index is 13.2. The molecule has 0 bridgehead atoms. The van der Waals surface area contributed by atoms with E-state index in [4.69, 9.17) is 15.0 Å². The predicted molar refractivity (Wildman–Crippen MR) is 119 cm³/mol. The predicted octanol–water partition coefficient (Wildman–Crippen LogP) is 4.46. The number of rotatable bonds is 4. The molecule has 1 aliphatic rings. The summed E-state index contributed by atoms with van der Waals surface area (Å²) in [4.78, 5) is 5.25. The molecule has 162 valence electrons. The molecule has 0 aliphatic carbocycles. The van der Waals surface area contributed by atoms with Gasteiger partial charge in [0.2, 0.25) is 9.84 Å². The highest BCUT2D eigenvalue weighted by Crippen LogP contribution is 2.31. The largest absolute Gasteiger partial charge is 0.381 e. The molecule has 0 spiro atoms.